The van der Waals surface area contributed by atoms with Gasteiger partial charge in [-0.2, -0.15) is 9.67 Å². The summed E-state index contributed by atoms with van der Waals surface area (Å²) in [5.41, 5.74) is -0.515. The maximum atomic E-state index is 12.1. The van der Waals surface area contributed by atoms with Gasteiger partial charge in [-0.05, 0) is 26.0 Å². The molecule has 0 aliphatic rings. The molecule has 1 heterocycles. The van der Waals surface area contributed by atoms with Gasteiger partial charge in [-0.25, -0.2) is 9.59 Å². The van der Waals surface area contributed by atoms with Gasteiger partial charge in [0.15, 0.2) is 0 Å². The third kappa shape index (κ3) is 3.91. The Balaban J connectivity index is 2.65. The Kier molecular flexibility index (Phi) is 5.65. The van der Waals surface area contributed by atoms with Gasteiger partial charge in [0.1, 0.15) is 5.69 Å². The third-order valence-corrected chi connectivity index (χ3v) is 3.12. The Morgan fingerprint density at radius 2 is 1.88 bits per heavy atom. The molecule has 1 aromatic heterocycles. The first-order valence-electron chi connectivity index (χ1n) is 7.14. The third-order valence-electron chi connectivity index (χ3n) is 2.89. The SMILES string of the molecule is CCOC(=O)c1nc(C(=O)OCC)n(-c2ccc(Cl)cc2[N+](=O)[O-])n1. The zero-order valence-corrected chi connectivity index (χ0v) is 14.0. The van der Waals surface area contributed by atoms with E-state index in [-0.39, 0.29) is 23.9 Å². The molecular weight excluding hydrogens is 356 g/mol. The van der Waals surface area contributed by atoms with Crippen LogP contribution >= 0.6 is 11.6 Å². The summed E-state index contributed by atoms with van der Waals surface area (Å²) in [7, 11) is 0. The van der Waals surface area contributed by atoms with Crippen molar-refractivity contribution in [2.75, 3.05) is 13.2 Å². The molecule has 0 spiro atoms. The lowest BCUT2D eigenvalue weighted by molar-refractivity contribution is -0.384. The van der Waals surface area contributed by atoms with Gasteiger partial charge in [0, 0.05) is 11.1 Å². The first kappa shape index (κ1) is 18.3. The zero-order chi connectivity index (χ0) is 18.6. The van der Waals surface area contributed by atoms with Gasteiger partial charge in [0.05, 0.1) is 18.1 Å². The molecule has 2 aromatic rings. The van der Waals surface area contributed by atoms with Crippen molar-refractivity contribution in [3.05, 3.63) is 45.0 Å². The summed E-state index contributed by atoms with van der Waals surface area (Å²) in [5, 5.41) is 15.3. The molecule has 0 aliphatic heterocycles. The number of halogens is 1. The molecule has 0 radical (unpaired) electrons. The van der Waals surface area contributed by atoms with Crippen molar-refractivity contribution in [2.24, 2.45) is 0 Å². The number of nitro groups is 1. The Hall–Kier alpha value is -3.01. The van der Waals surface area contributed by atoms with Gasteiger partial charge in [0.2, 0.25) is 5.82 Å². The number of carbonyl (C=O) groups is 2. The Morgan fingerprint density at radius 3 is 2.48 bits per heavy atom. The number of aromatic nitrogens is 3. The van der Waals surface area contributed by atoms with E-state index in [1.165, 1.54) is 12.1 Å². The molecule has 0 saturated heterocycles. The van der Waals surface area contributed by atoms with E-state index >= 15 is 0 Å². The minimum absolute atomic E-state index is 0.0448. The smallest absolute Gasteiger partial charge is 0.378 e. The van der Waals surface area contributed by atoms with Crippen molar-refractivity contribution in [1.82, 2.24) is 14.8 Å². The highest BCUT2D eigenvalue weighted by molar-refractivity contribution is 6.30. The second kappa shape index (κ2) is 7.71. The molecule has 11 heteroatoms. The summed E-state index contributed by atoms with van der Waals surface area (Å²) in [6, 6.07) is 3.76. The molecule has 0 fully saturated rings. The number of hydrogen-bond acceptors (Lipinski definition) is 8. The highest BCUT2D eigenvalue weighted by Crippen LogP contribution is 2.27. The van der Waals surface area contributed by atoms with E-state index in [2.05, 4.69) is 10.1 Å². The molecule has 0 amide bonds. The predicted molar refractivity (Wildman–Crippen MR) is 84.9 cm³/mol. The summed E-state index contributed by atoms with van der Waals surface area (Å²) in [6.45, 7) is 3.28. The largest absolute Gasteiger partial charge is 0.460 e. The highest BCUT2D eigenvalue weighted by Gasteiger charge is 2.28. The van der Waals surface area contributed by atoms with Gasteiger partial charge in [-0.15, -0.1) is 5.10 Å². The average Bonchev–Trinajstić information content (AvgIpc) is 3.00. The Bertz CT molecular complexity index is 835. The molecule has 2 rings (SSSR count). The van der Waals surface area contributed by atoms with Crippen LogP contribution < -0.4 is 0 Å². The van der Waals surface area contributed by atoms with Crippen molar-refractivity contribution in [2.45, 2.75) is 13.8 Å². The van der Waals surface area contributed by atoms with E-state index in [0.717, 1.165) is 10.7 Å². The maximum absolute atomic E-state index is 12.1. The lowest BCUT2D eigenvalue weighted by Crippen LogP contribution is -2.14. The quantitative estimate of drug-likeness (QED) is 0.431. The minimum Gasteiger partial charge on any atom is -0.460 e. The summed E-state index contributed by atoms with van der Waals surface area (Å²) >= 11 is 5.78. The molecular formula is C14H13ClN4O6. The fourth-order valence-corrected chi connectivity index (χ4v) is 2.08. The average molecular weight is 369 g/mol. The van der Waals surface area contributed by atoms with E-state index in [0.29, 0.717) is 0 Å². The lowest BCUT2D eigenvalue weighted by Gasteiger charge is -2.06. The number of ether oxygens (including phenoxy) is 2. The van der Waals surface area contributed by atoms with Crippen LogP contribution in [-0.2, 0) is 9.47 Å². The Labute approximate surface area is 146 Å². The van der Waals surface area contributed by atoms with E-state index in [4.69, 9.17) is 21.1 Å². The number of benzene rings is 1. The standard InChI is InChI=1S/C14H13ClN4O6/c1-3-24-13(20)11-16-12(14(21)25-4-2)18(17-11)9-6-5-8(15)7-10(9)19(22)23/h5-7H,3-4H2,1-2H3. The van der Waals surface area contributed by atoms with Crippen molar-refractivity contribution >= 4 is 29.2 Å². The second-order valence-electron chi connectivity index (χ2n) is 4.50. The van der Waals surface area contributed by atoms with Crippen LogP contribution in [-0.4, -0.2) is 44.8 Å². The topological polar surface area (TPSA) is 126 Å². The summed E-state index contributed by atoms with van der Waals surface area (Å²) < 4.78 is 10.5. The van der Waals surface area contributed by atoms with Crippen LogP contribution in [0.2, 0.25) is 5.02 Å². The zero-order valence-electron chi connectivity index (χ0n) is 13.3. The van der Waals surface area contributed by atoms with Crippen LogP contribution in [0.15, 0.2) is 18.2 Å². The maximum Gasteiger partial charge on any atom is 0.378 e. The minimum atomic E-state index is -0.894. The van der Waals surface area contributed by atoms with Crippen molar-refractivity contribution in [1.29, 1.82) is 0 Å². The molecule has 25 heavy (non-hydrogen) atoms. The molecule has 1 aromatic carbocycles. The summed E-state index contributed by atoms with van der Waals surface area (Å²) in [4.78, 5) is 38.3. The monoisotopic (exact) mass is 368 g/mol. The van der Waals surface area contributed by atoms with Gasteiger partial charge < -0.3 is 9.47 Å². The fourth-order valence-electron chi connectivity index (χ4n) is 1.91. The molecule has 0 aliphatic carbocycles. The Morgan fingerprint density at radius 1 is 1.24 bits per heavy atom. The van der Waals surface area contributed by atoms with Crippen LogP contribution in [0.1, 0.15) is 35.1 Å². The van der Waals surface area contributed by atoms with Crippen molar-refractivity contribution < 1.29 is 24.0 Å². The molecule has 0 atom stereocenters. The summed E-state index contributed by atoms with van der Waals surface area (Å²) in [6.07, 6.45) is 0. The normalized spacial score (nSPS) is 10.4. The van der Waals surface area contributed by atoms with E-state index < -0.39 is 34.2 Å². The van der Waals surface area contributed by atoms with E-state index in [1.54, 1.807) is 13.8 Å². The molecule has 0 bridgehead atoms. The first-order valence-corrected chi connectivity index (χ1v) is 7.52. The van der Waals surface area contributed by atoms with Crippen molar-refractivity contribution in [3.8, 4) is 5.69 Å². The van der Waals surface area contributed by atoms with Crippen LogP contribution in [0.3, 0.4) is 0 Å². The number of rotatable bonds is 6. The van der Waals surface area contributed by atoms with Gasteiger partial charge in [0.25, 0.3) is 11.5 Å². The number of esters is 2. The lowest BCUT2D eigenvalue weighted by atomic mass is 10.2. The number of nitro benzene ring substituents is 1. The predicted octanol–water partition coefficient (Wildman–Crippen LogP) is 2.18. The molecule has 10 nitrogen and oxygen atoms in total. The van der Waals surface area contributed by atoms with Crippen LogP contribution in [0.4, 0.5) is 5.69 Å². The molecule has 0 N–H and O–H groups in total. The van der Waals surface area contributed by atoms with Gasteiger partial charge >= 0.3 is 11.9 Å². The van der Waals surface area contributed by atoms with Gasteiger partial charge in [-0.1, -0.05) is 11.6 Å². The molecule has 0 unspecified atom stereocenters. The van der Waals surface area contributed by atoms with Crippen molar-refractivity contribution in [3.63, 3.8) is 0 Å². The van der Waals surface area contributed by atoms with Crippen LogP contribution in [0.25, 0.3) is 5.69 Å². The van der Waals surface area contributed by atoms with E-state index in [9.17, 15) is 19.7 Å². The van der Waals surface area contributed by atoms with Gasteiger partial charge in [-0.3, -0.25) is 10.1 Å². The molecule has 0 saturated carbocycles. The number of carbonyl (C=O) groups excluding carboxylic acids is 2. The fraction of sp³-hybridized carbons (Fsp3) is 0.286. The number of hydrogen-bond donors (Lipinski definition) is 0. The number of nitrogens with zero attached hydrogens (tertiary/aromatic N) is 4. The summed E-state index contributed by atoms with van der Waals surface area (Å²) in [5.74, 6) is -2.58. The van der Waals surface area contributed by atoms with E-state index in [1.807, 2.05) is 0 Å². The highest BCUT2D eigenvalue weighted by atomic mass is 35.5. The van der Waals surface area contributed by atoms with Crippen LogP contribution in [0.5, 0.6) is 0 Å². The molecule has 132 valence electrons. The van der Waals surface area contributed by atoms with Crippen LogP contribution in [0, 0.1) is 10.1 Å². The second-order valence-corrected chi connectivity index (χ2v) is 4.94. The first-order chi connectivity index (χ1) is 11.9.